The van der Waals surface area contributed by atoms with Crippen LogP contribution in [-0.2, 0) is 6.18 Å². The first-order chi connectivity index (χ1) is 9.38. The molecule has 0 radical (unpaired) electrons. The fourth-order valence-corrected chi connectivity index (χ4v) is 1.52. The van der Waals surface area contributed by atoms with E-state index in [0.717, 1.165) is 0 Å². The maximum Gasteiger partial charge on any atom is 0.451 e. The smallest absolute Gasteiger partial charge is 0.340 e. The maximum atomic E-state index is 12.6. The number of rotatable bonds is 3. The quantitative estimate of drug-likeness (QED) is 0.600. The number of nitrogen functional groups attached to an aromatic ring is 1. The van der Waals surface area contributed by atoms with Crippen LogP contribution < -0.4 is 16.6 Å². The molecule has 1 aromatic heterocycles. The van der Waals surface area contributed by atoms with E-state index in [4.69, 9.17) is 17.4 Å². The summed E-state index contributed by atoms with van der Waals surface area (Å²) in [7, 11) is 0. The van der Waals surface area contributed by atoms with Crippen molar-refractivity contribution in [3.8, 4) is 0 Å². The molecule has 0 aliphatic carbocycles. The Morgan fingerprint density at radius 2 is 1.65 bits per heavy atom. The molecule has 0 unspecified atom stereocenters. The summed E-state index contributed by atoms with van der Waals surface area (Å²) in [6, 6.07) is 7.65. The Morgan fingerprint density at radius 1 is 1.05 bits per heavy atom. The zero-order valence-electron chi connectivity index (χ0n) is 9.87. The number of aromatic nitrogens is 2. The molecule has 20 heavy (non-hydrogen) atoms. The molecule has 0 spiro atoms. The predicted octanol–water partition coefficient (Wildman–Crippen LogP) is 3.18. The highest BCUT2D eigenvalue weighted by Gasteiger charge is 2.35. The number of hydrogen-bond donors (Lipinski definition) is 3. The zero-order valence-corrected chi connectivity index (χ0v) is 10.6. The number of hydrazine groups is 1. The van der Waals surface area contributed by atoms with E-state index in [1.54, 1.807) is 24.3 Å². The third-order valence-electron chi connectivity index (χ3n) is 2.24. The van der Waals surface area contributed by atoms with Gasteiger partial charge in [0.2, 0.25) is 5.82 Å². The topological polar surface area (TPSA) is 75.9 Å². The standard InChI is InChI=1S/C11H9ClF3N5/c12-6-1-3-7(4-2-6)17-8-5-9(20-16)19-10(18-8)11(13,14)15/h1-5H,16H2,(H2,17,18,19,20). The van der Waals surface area contributed by atoms with Gasteiger partial charge in [-0.25, -0.2) is 15.8 Å². The third-order valence-corrected chi connectivity index (χ3v) is 2.50. The first-order valence-electron chi connectivity index (χ1n) is 5.34. The summed E-state index contributed by atoms with van der Waals surface area (Å²) in [4.78, 5) is 6.64. The largest absolute Gasteiger partial charge is 0.451 e. The first kappa shape index (κ1) is 14.4. The number of halogens is 4. The number of nitrogens with two attached hydrogens (primary N) is 1. The Morgan fingerprint density at radius 3 is 2.20 bits per heavy atom. The summed E-state index contributed by atoms with van der Waals surface area (Å²) in [5, 5.41) is 3.23. The van der Waals surface area contributed by atoms with Gasteiger partial charge in [-0.2, -0.15) is 13.2 Å². The number of anilines is 3. The van der Waals surface area contributed by atoms with Crippen molar-refractivity contribution in [2.45, 2.75) is 6.18 Å². The Balaban J connectivity index is 2.33. The van der Waals surface area contributed by atoms with E-state index in [9.17, 15) is 13.2 Å². The number of hydrogen-bond acceptors (Lipinski definition) is 5. The summed E-state index contributed by atoms with van der Waals surface area (Å²) in [6.45, 7) is 0. The molecule has 0 saturated carbocycles. The van der Waals surface area contributed by atoms with E-state index in [1.165, 1.54) is 6.07 Å². The van der Waals surface area contributed by atoms with Gasteiger partial charge in [-0.1, -0.05) is 11.6 Å². The SMILES string of the molecule is NNc1cc(Nc2ccc(Cl)cc2)nc(C(F)(F)F)n1. The molecule has 0 amide bonds. The zero-order chi connectivity index (χ0) is 14.8. The van der Waals surface area contributed by atoms with Gasteiger partial charge >= 0.3 is 6.18 Å². The maximum absolute atomic E-state index is 12.6. The van der Waals surface area contributed by atoms with Gasteiger partial charge in [-0.05, 0) is 24.3 Å². The van der Waals surface area contributed by atoms with Crippen LogP contribution in [0.3, 0.4) is 0 Å². The molecule has 0 saturated heterocycles. The predicted molar refractivity (Wildman–Crippen MR) is 69.6 cm³/mol. The van der Waals surface area contributed by atoms with E-state index >= 15 is 0 Å². The molecular weight excluding hydrogens is 295 g/mol. The molecule has 9 heteroatoms. The Labute approximate surface area is 117 Å². The van der Waals surface area contributed by atoms with Crippen LogP contribution in [0.2, 0.25) is 5.02 Å². The lowest BCUT2D eigenvalue weighted by Crippen LogP contribution is -2.16. The summed E-state index contributed by atoms with van der Waals surface area (Å²) in [5.74, 6) is 3.62. The van der Waals surface area contributed by atoms with Gasteiger partial charge in [0.05, 0.1) is 0 Å². The number of alkyl halides is 3. The van der Waals surface area contributed by atoms with E-state index in [0.29, 0.717) is 10.7 Å². The number of nitrogens with zero attached hydrogens (tertiary/aromatic N) is 2. The fraction of sp³-hybridized carbons (Fsp3) is 0.0909. The average Bonchev–Trinajstić information content (AvgIpc) is 2.40. The van der Waals surface area contributed by atoms with Crippen LogP contribution in [0.15, 0.2) is 30.3 Å². The molecule has 2 aromatic rings. The molecule has 0 bridgehead atoms. The average molecular weight is 304 g/mol. The molecule has 0 aliphatic rings. The van der Waals surface area contributed by atoms with Gasteiger partial charge in [0, 0.05) is 16.8 Å². The first-order valence-corrected chi connectivity index (χ1v) is 5.72. The van der Waals surface area contributed by atoms with E-state index in [-0.39, 0.29) is 11.6 Å². The minimum absolute atomic E-state index is 0.0393. The van der Waals surface area contributed by atoms with Crippen LogP contribution in [0.4, 0.5) is 30.5 Å². The minimum Gasteiger partial charge on any atom is -0.340 e. The molecule has 106 valence electrons. The van der Waals surface area contributed by atoms with Crippen molar-refractivity contribution in [1.82, 2.24) is 9.97 Å². The molecule has 1 heterocycles. The molecule has 0 atom stereocenters. The second kappa shape index (κ2) is 5.51. The fourth-order valence-electron chi connectivity index (χ4n) is 1.39. The monoisotopic (exact) mass is 303 g/mol. The minimum atomic E-state index is -4.66. The van der Waals surface area contributed by atoms with Crippen molar-refractivity contribution in [3.05, 3.63) is 41.2 Å². The van der Waals surface area contributed by atoms with Gasteiger partial charge in [0.15, 0.2) is 0 Å². The Bertz CT molecular complexity index is 600. The van der Waals surface area contributed by atoms with Crippen molar-refractivity contribution in [1.29, 1.82) is 0 Å². The van der Waals surface area contributed by atoms with E-state index in [1.807, 2.05) is 0 Å². The second-order valence-corrected chi connectivity index (χ2v) is 4.17. The van der Waals surface area contributed by atoms with Crippen LogP contribution in [0, 0.1) is 0 Å². The second-order valence-electron chi connectivity index (χ2n) is 3.74. The molecule has 0 fully saturated rings. The van der Waals surface area contributed by atoms with Crippen molar-refractivity contribution in [2.75, 3.05) is 10.7 Å². The van der Waals surface area contributed by atoms with Gasteiger partial charge in [0.1, 0.15) is 11.6 Å². The third kappa shape index (κ3) is 3.49. The van der Waals surface area contributed by atoms with Crippen molar-refractivity contribution in [2.24, 2.45) is 5.84 Å². The van der Waals surface area contributed by atoms with Crippen LogP contribution in [0.25, 0.3) is 0 Å². The van der Waals surface area contributed by atoms with Gasteiger partial charge < -0.3 is 10.7 Å². The van der Waals surface area contributed by atoms with Crippen LogP contribution in [-0.4, -0.2) is 9.97 Å². The number of benzene rings is 1. The Kier molecular flexibility index (Phi) is 3.96. The van der Waals surface area contributed by atoms with Crippen LogP contribution in [0.1, 0.15) is 5.82 Å². The van der Waals surface area contributed by atoms with E-state index in [2.05, 4.69) is 20.7 Å². The molecule has 0 aliphatic heterocycles. The molecule has 4 N–H and O–H groups in total. The van der Waals surface area contributed by atoms with Crippen molar-refractivity contribution in [3.63, 3.8) is 0 Å². The molecule has 2 rings (SSSR count). The van der Waals surface area contributed by atoms with Crippen molar-refractivity contribution < 1.29 is 13.2 Å². The highest BCUT2D eigenvalue weighted by molar-refractivity contribution is 6.30. The van der Waals surface area contributed by atoms with Gasteiger partial charge in [-0.3, -0.25) is 0 Å². The van der Waals surface area contributed by atoms with Gasteiger partial charge in [-0.15, -0.1) is 0 Å². The molecule has 5 nitrogen and oxygen atoms in total. The normalized spacial score (nSPS) is 11.2. The highest BCUT2D eigenvalue weighted by atomic mass is 35.5. The number of nitrogens with one attached hydrogen (secondary N) is 2. The summed E-state index contributed by atoms with van der Waals surface area (Å²) >= 11 is 5.72. The van der Waals surface area contributed by atoms with Crippen LogP contribution in [0.5, 0.6) is 0 Å². The summed E-state index contributed by atoms with van der Waals surface area (Å²) in [5.41, 5.74) is 2.59. The lowest BCUT2D eigenvalue weighted by Gasteiger charge is -2.11. The van der Waals surface area contributed by atoms with E-state index < -0.39 is 12.0 Å². The lowest BCUT2D eigenvalue weighted by atomic mass is 10.3. The van der Waals surface area contributed by atoms with Crippen molar-refractivity contribution >= 4 is 28.9 Å². The van der Waals surface area contributed by atoms with Gasteiger partial charge in [0.25, 0.3) is 0 Å². The van der Waals surface area contributed by atoms with Crippen LogP contribution >= 0.6 is 11.6 Å². The highest BCUT2D eigenvalue weighted by Crippen LogP contribution is 2.29. The Hall–Kier alpha value is -2.06. The summed E-state index contributed by atoms with van der Waals surface area (Å²) in [6.07, 6.45) is -4.66. The lowest BCUT2D eigenvalue weighted by molar-refractivity contribution is -0.144. The molecular formula is C11H9ClF3N5. The summed E-state index contributed by atoms with van der Waals surface area (Å²) < 4.78 is 37.9. The molecule has 1 aromatic carbocycles.